The molecule has 0 radical (unpaired) electrons. The van der Waals surface area contributed by atoms with Gasteiger partial charge in [0.1, 0.15) is 11.6 Å². The molecule has 3 aliphatic rings. The standard InChI is InChI=1S/C27H34N6O2/c1-17-12-20(4-7-22(17)27(34)31-21-5-6-21)23-16-30-33-25(29-15-19-8-10-35-11-9-19)13-24(32-26(23)33)28-14-18-2-3-18/h4,7,12-13,16,18-19,21,29H,2-3,5-6,8-11,14-15H2,1H3,(H,28,32)(H,31,34). The second-order valence-electron chi connectivity index (χ2n) is 10.4. The second kappa shape index (κ2) is 9.49. The number of aryl methyl sites for hydroxylation is 1. The van der Waals surface area contributed by atoms with Gasteiger partial charge in [0.25, 0.3) is 5.91 Å². The van der Waals surface area contributed by atoms with Gasteiger partial charge in [-0.15, -0.1) is 0 Å². The van der Waals surface area contributed by atoms with Crippen molar-refractivity contribution < 1.29 is 9.53 Å². The first-order valence-corrected chi connectivity index (χ1v) is 13.0. The number of benzene rings is 1. The van der Waals surface area contributed by atoms with Crippen LogP contribution in [0.15, 0.2) is 30.5 Å². The molecule has 0 unspecified atom stereocenters. The Kier molecular flexibility index (Phi) is 6.06. The number of nitrogens with zero attached hydrogens (tertiary/aromatic N) is 3. The Morgan fingerprint density at radius 1 is 1.03 bits per heavy atom. The molecule has 0 bridgehead atoms. The van der Waals surface area contributed by atoms with Gasteiger partial charge in [0.05, 0.1) is 6.20 Å². The zero-order valence-electron chi connectivity index (χ0n) is 20.3. The third-order valence-electron chi connectivity index (χ3n) is 7.35. The van der Waals surface area contributed by atoms with E-state index in [-0.39, 0.29) is 5.91 Å². The molecule has 1 saturated heterocycles. The monoisotopic (exact) mass is 474 g/mol. The van der Waals surface area contributed by atoms with Crippen LogP contribution in [-0.4, -0.2) is 52.9 Å². The van der Waals surface area contributed by atoms with Gasteiger partial charge in [-0.3, -0.25) is 4.79 Å². The number of nitrogens with one attached hydrogen (secondary N) is 3. The average Bonchev–Trinajstić information content (AvgIpc) is 3.81. The number of fused-ring (bicyclic) bond motifs is 1. The molecule has 8 heteroatoms. The maximum absolute atomic E-state index is 12.6. The SMILES string of the molecule is Cc1cc(-c2cnn3c(NCC4CCOCC4)cc(NCC4CC4)nc23)ccc1C(=O)NC1CC1. The molecule has 2 aromatic heterocycles. The van der Waals surface area contributed by atoms with E-state index < -0.39 is 0 Å². The Morgan fingerprint density at radius 3 is 2.54 bits per heavy atom. The summed E-state index contributed by atoms with van der Waals surface area (Å²) in [5.74, 6) is 3.19. The van der Waals surface area contributed by atoms with E-state index in [1.165, 1.54) is 12.8 Å². The number of hydrogen-bond donors (Lipinski definition) is 3. The molecule has 2 saturated carbocycles. The quantitative estimate of drug-likeness (QED) is 0.429. The summed E-state index contributed by atoms with van der Waals surface area (Å²) in [7, 11) is 0. The van der Waals surface area contributed by atoms with Crippen molar-refractivity contribution in [3.63, 3.8) is 0 Å². The van der Waals surface area contributed by atoms with Gasteiger partial charge in [-0.2, -0.15) is 9.61 Å². The number of anilines is 2. The topological polar surface area (TPSA) is 92.6 Å². The van der Waals surface area contributed by atoms with E-state index in [0.717, 1.165) is 97.4 Å². The fourth-order valence-electron chi connectivity index (χ4n) is 4.73. The van der Waals surface area contributed by atoms with E-state index in [4.69, 9.17) is 14.8 Å². The summed E-state index contributed by atoms with van der Waals surface area (Å²) < 4.78 is 7.42. The Bertz CT molecular complexity index is 1220. The number of carbonyl (C=O) groups excluding carboxylic acids is 1. The molecule has 3 heterocycles. The normalized spacial score (nSPS) is 18.5. The lowest BCUT2D eigenvalue weighted by Gasteiger charge is -2.23. The summed E-state index contributed by atoms with van der Waals surface area (Å²) in [5, 5.41) is 15.0. The molecular formula is C27H34N6O2. The van der Waals surface area contributed by atoms with Crippen molar-refractivity contribution in [2.45, 2.75) is 51.5 Å². The molecule has 1 aliphatic heterocycles. The van der Waals surface area contributed by atoms with E-state index >= 15 is 0 Å². The van der Waals surface area contributed by atoms with Gasteiger partial charge in [0.15, 0.2) is 5.65 Å². The van der Waals surface area contributed by atoms with Crippen LogP contribution in [0.5, 0.6) is 0 Å². The van der Waals surface area contributed by atoms with Crippen molar-refractivity contribution in [2.75, 3.05) is 36.9 Å². The zero-order chi connectivity index (χ0) is 23.8. The molecule has 1 aromatic carbocycles. The maximum Gasteiger partial charge on any atom is 0.251 e. The van der Waals surface area contributed by atoms with E-state index in [0.29, 0.717) is 12.0 Å². The van der Waals surface area contributed by atoms with Crippen LogP contribution < -0.4 is 16.0 Å². The van der Waals surface area contributed by atoms with Crippen LogP contribution >= 0.6 is 0 Å². The summed E-state index contributed by atoms with van der Waals surface area (Å²) in [5.41, 5.74) is 4.49. The molecular weight excluding hydrogens is 440 g/mol. The average molecular weight is 475 g/mol. The van der Waals surface area contributed by atoms with Crippen molar-refractivity contribution >= 4 is 23.2 Å². The molecule has 0 spiro atoms. The van der Waals surface area contributed by atoms with E-state index in [9.17, 15) is 4.79 Å². The highest BCUT2D eigenvalue weighted by molar-refractivity contribution is 5.97. The number of ether oxygens (including phenoxy) is 1. The summed E-state index contributed by atoms with van der Waals surface area (Å²) in [4.78, 5) is 17.5. The van der Waals surface area contributed by atoms with Crippen molar-refractivity contribution in [3.8, 4) is 11.1 Å². The van der Waals surface area contributed by atoms with Crippen LogP contribution in [0.2, 0.25) is 0 Å². The van der Waals surface area contributed by atoms with Crippen LogP contribution in [0, 0.1) is 18.8 Å². The van der Waals surface area contributed by atoms with Crippen LogP contribution in [0.25, 0.3) is 16.8 Å². The van der Waals surface area contributed by atoms with E-state index in [2.05, 4.69) is 28.1 Å². The van der Waals surface area contributed by atoms with E-state index in [1.807, 2.05) is 29.8 Å². The number of hydrogen-bond acceptors (Lipinski definition) is 6. The first-order valence-electron chi connectivity index (χ1n) is 13.0. The third-order valence-corrected chi connectivity index (χ3v) is 7.35. The maximum atomic E-state index is 12.6. The number of amides is 1. The zero-order valence-corrected chi connectivity index (χ0v) is 20.3. The number of rotatable bonds is 9. The lowest BCUT2D eigenvalue weighted by atomic mass is 10.0. The highest BCUT2D eigenvalue weighted by atomic mass is 16.5. The molecule has 184 valence electrons. The molecule has 1 amide bonds. The first kappa shape index (κ1) is 22.3. The minimum absolute atomic E-state index is 0.0145. The molecule has 35 heavy (non-hydrogen) atoms. The Hall–Kier alpha value is -3.13. The van der Waals surface area contributed by atoms with Crippen molar-refractivity contribution in [2.24, 2.45) is 11.8 Å². The fraction of sp³-hybridized carbons (Fsp3) is 0.519. The first-order chi connectivity index (χ1) is 17.1. The van der Waals surface area contributed by atoms with Crippen molar-refractivity contribution in [1.82, 2.24) is 19.9 Å². The lowest BCUT2D eigenvalue weighted by molar-refractivity contribution is 0.0699. The number of aromatic nitrogens is 3. The highest BCUT2D eigenvalue weighted by Crippen LogP contribution is 2.31. The molecule has 0 atom stereocenters. The minimum Gasteiger partial charge on any atom is -0.381 e. The van der Waals surface area contributed by atoms with Crippen LogP contribution in [0.3, 0.4) is 0 Å². The van der Waals surface area contributed by atoms with Crippen molar-refractivity contribution in [3.05, 3.63) is 41.6 Å². The van der Waals surface area contributed by atoms with Crippen LogP contribution in [0.1, 0.15) is 54.4 Å². The summed E-state index contributed by atoms with van der Waals surface area (Å²) >= 11 is 0. The minimum atomic E-state index is 0.0145. The van der Waals surface area contributed by atoms with Gasteiger partial charge in [0, 0.05) is 49.5 Å². The van der Waals surface area contributed by atoms with E-state index in [1.54, 1.807) is 0 Å². The number of carbonyl (C=O) groups is 1. The molecule has 3 aromatic rings. The summed E-state index contributed by atoms with van der Waals surface area (Å²) in [6, 6.07) is 8.42. The van der Waals surface area contributed by atoms with Gasteiger partial charge in [-0.25, -0.2) is 4.98 Å². The second-order valence-corrected chi connectivity index (χ2v) is 10.4. The molecule has 6 rings (SSSR count). The molecule has 8 nitrogen and oxygen atoms in total. The van der Waals surface area contributed by atoms with Gasteiger partial charge in [0.2, 0.25) is 0 Å². The third kappa shape index (κ3) is 5.12. The van der Waals surface area contributed by atoms with Gasteiger partial charge < -0.3 is 20.7 Å². The Balaban J connectivity index is 1.30. The Morgan fingerprint density at radius 2 is 1.80 bits per heavy atom. The largest absolute Gasteiger partial charge is 0.381 e. The lowest BCUT2D eigenvalue weighted by Crippen LogP contribution is -2.26. The van der Waals surface area contributed by atoms with Gasteiger partial charge in [-0.05, 0) is 74.5 Å². The highest BCUT2D eigenvalue weighted by Gasteiger charge is 2.25. The van der Waals surface area contributed by atoms with Crippen LogP contribution in [0.4, 0.5) is 11.6 Å². The molecule has 2 aliphatic carbocycles. The molecule has 3 N–H and O–H groups in total. The molecule has 3 fully saturated rings. The predicted molar refractivity (Wildman–Crippen MR) is 137 cm³/mol. The van der Waals surface area contributed by atoms with Crippen molar-refractivity contribution in [1.29, 1.82) is 0 Å². The fourth-order valence-corrected chi connectivity index (χ4v) is 4.73. The predicted octanol–water partition coefficient (Wildman–Crippen LogP) is 4.26. The van der Waals surface area contributed by atoms with Gasteiger partial charge in [-0.1, -0.05) is 12.1 Å². The van der Waals surface area contributed by atoms with Crippen LogP contribution in [-0.2, 0) is 4.74 Å². The van der Waals surface area contributed by atoms with Gasteiger partial charge >= 0.3 is 0 Å². The summed E-state index contributed by atoms with van der Waals surface area (Å²) in [6.45, 7) is 5.52. The Labute approximate surface area is 205 Å². The summed E-state index contributed by atoms with van der Waals surface area (Å²) in [6.07, 6.45) is 8.80. The smallest absolute Gasteiger partial charge is 0.251 e.